The van der Waals surface area contributed by atoms with E-state index in [0.717, 1.165) is 0 Å². The van der Waals surface area contributed by atoms with Crippen LogP contribution in [0.5, 0.6) is 0 Å². The minimum absolute atomic E-state index is 0.361. The van der Waals surface area contributed by atoms with E-state index >= 15 is 0 Å². The van der Waals surface area contributed by atoms with Gasteiger partial charge in [0.2, 0.25) is 0 Å². The lowest BCUT2D eigenvalue weighted by atomic mass is 10.2. The minimum atomic E-state index is -0.556. The highest BCUT2D eigenvalue weighted by atomic mass is 16.6. The zero-order valence-electron chi connectivity index (χ0n) is 13.0. The molecular formula is C15H22N2O4. The summed E-state index contributed by atoms with van der Waals surface area (Å²) in [5, 5.41) is 5.63. The molecular weight excluding hydrogens is 272 g/mol. The summed E-state index contributed by atoms with van der Waals surface area (Å²) < 4.78 is 9.82. The molecule has 1 aromatic rings. The standard InChI is InChI=1S/C15H22N2O4/c1-10(13(18)20-5)16-11-7-6-8-12(9-11)17-14(19)21-15(2,3)4/h6-10,16H,1-5H3,(H,17,19). The van der Waals surface area contributed by atoms with Crippen LogP contribution in [0.4, 0.5) is 16.2 Å². The molecule has 0 saturated carbocycles. The second-order valence-corrected chi connectivity index (χ2v) is 5.60. The van der Waals surface area contributed by atoms with Crippen molar-refractivity contribution in [2.24, 2.45) is 0 Å². The fourth-order valence-electron chi connectivity index (χ4n) is 1.59. The third kappa shape index (κ3) is 6.16. The number of anilines is 2. The predicted molar refractivity (Wildman–Crippen MR) is 81.4 cm³/mol. The molecule has 6 nitrogen and oxygen atoms in total. The molecule has 0 aliphatic carbocycles. The molecule has 0 bridgehead atoms. The van der Waals surface area contributed by atoms with Gasteiger partial charge in [0.05, 0.1) is 7.11 Å². The van der Waals surface area contributed by atoms with Gasteiger partial charge >= 0.3 is 12.1 Å². The van der Waals surface area contributed by atoms with Gasteiger partial charge in [0, 0.05) is 11.4 Å². The molecule has 2 N–H and O–H groups in total. The van der Waals surface area contributed by atoms with Crippen molar-refractivity contribution in [3.8, 4) is 0 Å². The van der Waals surface area contributed by atoms with Gasteiger partial charge < -0.3 is 14.8 Å². The molecule has 0 aliphatic rings. The predicted octanol–water partition coefficient (Wildman–Crippen LogP) is 3.01. The number of carbonyl (C=O) groups is 2. The maximum atomic E-state index is 11.7. The SMILES string of the molecule is COC(=O)C(C)Nc1cccc(NC(=O)OC(C)(C)C)c1. The topological polar surface area (TPSA) is 76.7 Å². The Labute approximate surface area is 124 Å². The highest BCUT2D eigenvalue weighted by Crippen LogP contribution is 2.17. The summed E-state index contributed by atoms with van der Waals surface area (Å²) in [5.74, 6) is -0.361. The molecule has 1 amide bonds. The molecule has 21 heavy (non-hydrogen) atoms. The van der Waals surface area contributed by atoms with E-state index in [2.05, 4.69) is 15.4 Å². The van der Waals surface area contributed by atoms with E-state index in [-0.39, 0.29) is 5.97 Å². The van der Waals surface area contributed by atoms with E-state index < -0.39 is 17.7 Å². The summed E-state index contributed by atoms with van der Waals surface area (Å²) in [6.07, 6.45) is -0.527. The van der Waals surface area contributed by atoms with E-state index in [9.17, 15) is 9.59 Å². The number of hydrogen-bond acceptors (Lipinski definition) is 5. The van der Waals surface area contributed by atoms with Crippen LogP contribution >= 0.6 is 0 Å². The van der Waals surface area contributed by atoms with E-state index in [1.165, 1.54) is 7.11 Å². The molecule has 0 saturated heterocycles. The van der Waals surface area contributed by atoms with Gasteiger partial charge in [-0.2, -0.15) is 0 Å². The maximum absolute atomic E-state index is 11.7. The average Bonchev–Trinajstić information content (AvgIpc) is 2.35. The molecule has 1 atom stereocenters. The summed E-state index contributed by atoms with van der Waals surface area (Å²) in [6.45, 7) is 7.08. The number of ether oxygens (including phenoxy) is 2. The Morgan fingerprint density at radius 1 is 1.19 bits per heavy atom. The van der Waals surface area contributed by atoms with E-state index in [1.807, 2.05) is 0 Å². The third-order valence-corrected chi connectivity index (χ3v) is 2.45. The lowest BCUT2D eigenvalue weighted by molar-refractivity contribution is -0.141. The molecule has 116 valence electrons. The summed E-state index contributed by atoms with van der Waals surface area (Å²) in [4.78, 5) is 23.0. The molecule has 1 aromatic carbocycles. The van der Waals surface area contributed by atoms with Gasteiger partial charge in [-0.1, -0.05) is 6.07 Å². The molecule has 6 heteroatoms. The number of esters is 1. The van der Waals surface area contributed by atoms with Crippen molar-refractivity contribution in [2.45, 2.75) is 39.3 Å². The number of methoxy groups -OCH3 is 1. The van der Waals surface area contributed by atoms with Crippen molar-refractivity contribution in [3.63, 3.8) is 0 Å². The van der Waals surface area contributed by atoms with Crippen LogP contribution in [0.1, 0.15) is 27.7 Å². The van der Waals surface area contributed by atoms with Gasteiger partial charge in [-0.05, 0) is 45.9 Å². The zero-order valence-corrected chi connectivity index (χ0v) is 13.0. The molecule has 0 heterocycles. The molecule has 0 aromatic heterocycles. The van der Waals surface area contributed by atoms with Crippen LogP contribution < -0.4 is 10.6 Å². The summed E-state index contributed by atoms with van der Waals surface area (Å²) in [5.41, 5.74) is 0.715. The van der Waals surface area contributed by atoms with Crippen LogP contribution in [0.15, 0.2) is 24.3 Å². The van der Waals surface area contributed by atoms with Gasteiger partial charge in [0.1, 0.15) is 11.6 Å². The average molecular weight is 294 g/mol. The first-order valence-corrected chi connectivity index (χ1v) is 6.65. The van der Waals surface area contributed by atoms with E-state index in [4.69, 9.17) is 4.74 Å². The Morgan fingerprint density at radius 3 is 2.38 bits per heavy atom. The van der Waals surface area contributed by atoms with Crippen molar-refractivity contribution in [1.82, 2.24) is 0 Å². The second kappa shape index (κ2) is 6.97. The number of nitrogens with one attached hydrogen (secondary N) is 2. The minimum Gasteiger partial charge on any atom is -0.467 e. The van der Waals surface area contributed by atoms with Gasteiger partial charge in [-0.25, -0.2) is 9.59 Å². The van der Waals surface area contributed by atoms with E-state index in [1.54, 1.807) is 52.0 Å². The fourth-order valence-corrected chi connectivity index (χ4v) is 1.59. The van der Waals surface area contributed by atoms with Crippen LogP contribution in [0.2, 0.25) is 0 Å². The lowest BCUT2D eigenvalue weighted by Gasteiger charge is -2.20. The quantitative estimate of drug-likeness (QED) is 0.835. The number of amides is 1. The van der Waals surface area contributed by atoms with Gasteiger partial charge in [0.25, 0.3) is 0 Å². The first-order chi connectivity index (χ1) is 9.71. The fraction of sp³-hybridized carbons (Fsp3) is 0.467. The summed E-state index contributed by atoms with van der Waals surface area (Å²) in [6, 6.07) is 6.52. The molecule has 1 unspecified atom stereocenters. The lowest BCUT2D eigenvalue weighted by Crippen LogP contribution is -2.28. The Bertz CT molecular complexity index is 509. The Hall–Kier alpha value is -2.24. The summed E-state index contributed by atoms with van der Waals surface area (Å²) in [7, 11) is 1.33. The number of rotatable bonds is 4. The Balaban J connectivity index is 2.68. The molecule has 0 fully saturated rings. The molecule has 0 aliphatic heterocycles. The first-order valence-electron chi connectivity index (χ1n) is 6.65. The first kappa shape index (κ1) is 16.8. The van der Waals surface area contributed by atoms with Gasteiger partial charge in [0.15, 0.2) is 0 Å². The van der Waals surface area contributed by atoms with Crippen LogP contribution in [0.25, 0.3) is 0 Å². The maximum Gasteiger partial charge on any atom is 0.412 e. The van der Waals surface area contributed by atoms with Crippen molar-refractivity contribution >= 4 is 23.4 Å². The smallest absolute Gasteiger partial charge is 0.412 e. The summed E-state index contributed by atoms with van der Waals surface area (Å²) >= 11 is 0. The number of benzene rings is 1. The third-order valence-electron chi connectivity index (χ3n) is 2.45. The van der Waals surface area contributed by atoms with E-state index in [0.29, 0.717) is 11.4 Å². The number of hydrogen-bond donors (Lipinski definition) is 2. The van der Waals surface area contributed by atoms with Crippen molar-refractivity contribution in [2.75, 3.05) is 17.7 Å². The normalized spacial score (nSPS) is 12.2. The second-order valence-electron chi connectivity index (χ2n) is 5.60. The van der Waals surface area contributed by atoms with Crippen LogP contribution in [0.3, 0.4) is 0 Å². The monoisotopic (exact) mass is 294 g/mol. The van der Waals surface area contributed by atoms with Crippen LogP contribution in [-0.4, -0.2) is 30.8 Å². The van der Waals surface area contributed by atoms with Crippen molar-refractivity contribution in [3.05, 3.63) is 24.3 Å². The highest BCUT2D eigenvalue weighted by Gasteiger charge is 2.16. The molecule has 0 spiro atoms. The van der Waals surface area contributed by atoms with Gasteiger partial charge in [-0.3, -0.25) is 5.32 Å². The largest absolute Gasteiger partial charge is 0.467 e. The highest BCUT2D eigenvalue weighted by molar-refractivity contribution is 5.86. The Kier molecular flexibility index (Phi) is 5.58. The Morgan fingerprint density at radius 2 is 1.81 bits per heavy atom. The molecule has 1 rings (SSSR count). The molecule has 0 radical (unpaired) electrons. The van der Waals surface area contributed by atoms with Crippen molar-refractivity contribution in [1.29, 1.82) is 0 Å². The van der Waals surface area contributed by atoms with Crippen LogP contribution in [-0.2, 0) is 14.3 Å². The van der Waals surface area contributed by atoms with Gasteiger partial charge in [-0.15, -0.1) is 0 Å². The number of carbonyl (C=O) groups excluding carboxylic acids is 2. The van der Waals surface area contributed by atoms with Crippen LogP contribution in [0, 0.1) is 0 Å². The zero-order chi connectivity index (χ0) is 16.0. The van der Waals surface area contributed by atoms with Crippen molar-refractivity contribution < 1.29 is 19.1 Å².